The molecule has 1 saturated heterocycles. The quantitative estimate of drug-likeness (QED) is 0.766. The second-order valence-corrected chi connectivity index (χ2v) is 6.73. The van der Waals surface area contributed by atoms with Crippen LogP contribution in [0, 0.1) is 6.92 Å². The fourth-order valence-electron chi connectivity index (χ4n) is 3.57. The Bertz CT molecular complexity index is 967. The smallest absolute Gasteiger partial charge is 0.323 e. The first-order chi connectivity index (χ1) is 12.1. The molecule has 0 unspecified atom stereocenters. The normalized spacial score (nSPS) is 18.0. The molecular formula is C18H21N5O2. The van der Waals surface area contributed by atoms with E-state index < -0.39 is 0 Å². The molecule has 0 radical (unpaired) electrons. The molecule has 1 aliphatic heterocycles. The maximum Gasteiger partial charge on any atom is 0.323 e. The number of carbonyl (C=O) groups is 1. The van der Waals surface area contributed by atoms with Crippen molar-refractivity contribution in [2.45, 2.75) is 38.8 Å². The number of benzene rings is 1. The minimum atomic E-state index is -0.260. The maximum atomic E-state index is 13.1. The first-order valence-electron chi connectivity index (χ1n) is 8.62. The number of amides is 1. The van der Waals surface area contributed by atoms with Gasteiger partial charge in [0.25, 0.3) is 5.91 Å². The van der Waals surface area contributed by atoms with Crippen molar-refractivity contribution in [2.24, 2.45) is 0 Å². The van der Waals surface area contributed by atoms with E-state index in [1.807, 2.05) is 28.9 Å². The number of aryl methyl sites for hydroxylation is 1. The van der Waals surface area contributed by atoms with Crippen LogP contribution in [0.1, 0.15) is 35.2 Å². The standard InChI is InChI=1S/C18H21N5O2/c1-12-9-19-22(10-12)11-14-4-2-3-7-23(14)17(24)13-5-6-15-16(8-13)21-18(25)20-15/h5-6,8-10,14H,2-4,7,11H2,1H3,(H2,20,21,25)/t14-/m0/s1. The van der Waals surface area contributed by atoms with Crippen molar-refractivity contribution in [1.82, 2.24) is 24.6 Å². The van der Waals surface area contributed by atoms with Crippen molar-refractivity contribution in [1.29, 1.82) is 0 Å². The van der Waals surface area contributed by atoms with Crippen molar-refractivity contribution in [3.8, 4) is 0 Å². The molecule has 2 N–H and O–H groups in total. The number of nitrogens with zero attached hydrogens (tertiary/aromatic N) is 3. The van der Waals surface area contributed by atoms with E-state index in [0.29, 0.717) is 23.1 Å². The van der Waals surface area contributed by atoms with Crippen LogP contribution in [0.15, 0.2) is 35.4 Å². The largest absolute Gasteiger partial charge is 0.334 e. The third kappa shape index (κ3) is 3.09. The van der Waals surface area contributed by atoms with E-state index in [-0.39, 0.29) is 17.6 Å². The molecule has 1 atom stereocenters. The fraction of sp³-hybridized carbons (Fsp3) is 0.389. The topological polar surface area (TPSA) is 86.8 Å². The Morgan fingerprint density at radius 3 is 2.92 bits per heavy atom. The first-order valence-corrected chi connectivity index (χ1v) is 8.62. The van der Waals surface area contributed by atoms with Crippen LogP contribution in [0.3, 0.4) is 0 Å². The molecule has 1 amide bonds. The summed E-state index contributed by atoms with van der Waals surface area (Å²) in [6.07, 6.45) is 6.97. The number of fused-ring (bicyclic) bond motifs is 1. The Morgan fingerprint density at radius 2 is 2.12 bits per heavy atom. The summed E-state index contributed by atoms with van der Waals surface area (Å²) < 4.78 is 1.92. The van der Waals surface area contributed by atoms with Gasteiger partial charge in [0.05, 0.1) is 29.8 Å². The van der Waals surface area contributed by atoms with E-state index in [0.717, 1.165) is 31.4 Å². The van der Waals surface area contributed by atoms with Crippen LogP contribution >= 0.6 is 0 Å². The Hall–Kier alpha value is -2.83. The molecule has 25 heavy (non-hydrogen) atoms. The minimum absolute atomic E-state index is 0.0116. The van der Waals surface area contributed by atoms with Gasteiger partial charge in [0.15, 0.2) is 0 Å². The minimum Gasteiger partial charge on any atom is -0.334 e. The molecular weight excluding hydrogens is 318 g/mol. The zero-order valence-corrected chi connectivity index (χ0v) is 14.2. The van der Waals surface area contributed by atoms with Gasteiger partial charge in [-0.15, -0.1) is 0 Å². The highest BCUT2D eigenvalue weighted by Gasteiger charge is 2.28. The van der Waals surface area contributed by atoms with Crippen molar-refractivity contribution in [2.75, 3.05) is 6.54 Å². The number of H-pyrrole nitrogens is 2. The van der Waals surface area contributed by atoms with E-state index in [1.165, 1.54) is 0 Å². The average Bonchev–Trinajstić information content (AvgIpc) is 3.18. The van der Waals surface area contributed by atoms with Crippen LogP contribution in [0.4, 0.5) is 0 Å². The lowest BCUT2D eigenvalue weighted by Gasteiger charge is -2.35. The van der Waals surface area contributed by atoms with Gasteiger partial charge in [0, 0.05) is 18.3 Å². The van der Waals surface area contributed by atoms with Gasteiger partial charge in [-0.1, -0.05) is 0 Å². The number of piperidine rings is 1. The molecule has 2 aromatic heterocycles. The molecule has 1 aromatic carbocycles. The molecule has 7 heteroatoms. The third-order valence-corrected chi connectivity index (χ3v) is 4.81. The molecule has 7 nitrogen and oxygen atoms in total. The van der Waals surface area contributed by atoms with Crippen LogP contribution in [-0.4, -0.2) is 43.1 Å². The molecule has 3 aromatic rings. The molecule has 1 aliphatic rings. The summed E-state index contributed by atoms with van der Waals surface area (Å²) >= 11 is 0. The lowest BCUT2D eigenvalue weighted by Crippen LogP contribution is -2.45. The van der Waals surface area contributed by atoms with Gasteiger partial charge in [-0.3, -0.25) is 9.48 Å². The monoisotopic (exact) mass is 339 g/mol. The molecule has 130 valence electrons. The molecule has 1 fully saturated rings. The maximum absolute atomic E-state index is 13.1. The second-order valence-electron chi connectivity index (χ2n) is 6.73. The number of hydrogen-bond acceptors (Lipinski definition) is 3. The average molecular weight is 339 g/mol. The van der Waals surface area contributed by atoms with Gasteiger partial charge in [-0.25, -0.2) is 4.79 Å². The van der Waals surface area contributed by atoms with E-state index in [9.17, 15) is 9.59 Å². The summed E-state index contributed by atoms with van der Waals surface area (Å²) in [5, 5.41) is 4.35. The third-order valence-electron chi connectivity index (χ3n) is 4.81. The summed E-state index contributed by atoms with van der Waals surface area (Å²) in [7, 11) is 0. The lowest BCUT2D eigenvalue weighted by molar-refractivity contribution is 0.0584. The van der Waals surface area contributed by atoms with E-state index >= 15 is 0 Å². The van der Waals surface area contributed by atoms with E-state index in [2.05, 4.69) is 15.1 Å². The second kappa shape index (κ2) is 6.23. The van der Waals surface area contributed by atoms with Crippen LogP contribution in [0.2, 0.25) is 0 Å². The number of aromatic nitrogens is 4. The number of aromatic amines is 2. The highest BCUT2D eigenvalue weighted by Crippen LogP contribution is 2.22. The Balaban J connectivity index is 1.59. The zero-order valence-electron chi connectivity index (χ0n) is 14.2. The van der Waals surface area contributed by atoms with Crippen LogP contribution in [-0.2, 0) is 6.54 Å². The molecule has 0 saturated carbocycles. The van der Waals surface area contributed by atoms with Gasteiger partial charge in [-0.2, -0.15) is 5.10 Å². The van der Waals surface area contributed by atoms with Crippen LogP contribution in [0.25, 0.3) is 11.0 Å². The highest BCUT2D eigenvalue weighted by molar-refractivity contribution is 5.97. The fourth-order valence-corrected chi connectivity index (χ4v) is 3.57. The Labute approximate surface area is 144 Å². The number of imidazole rings is 1. The Morgan fingerprint density at radius 1 is 1.28 bits per heavy atom. The lowest BCUT2D eigenvalue weighted by atomic mass is 10.0. The molecule has 0 aliphatic carbocycles. The van der Waals surface area contributed by atoms with Crippen molar-refractivity contribution in [3.05, 3.63) is 52.2 Å². The van der Waals surface area contributed by atoms with Crippen LogP contribution in [0.5, 0.6) is 0 Å². The number of nitrogens with one attached hydrogen (secondary N) is 2. The SMILES string of the molecule is Cc1cnn(C[C@@H]2CCCCN2C(=O)c2ccc3[nH]c(=O)[nH]c3c2)c1. The zero-order chi connectivity index (χ0) is 17.4. The van der Waals surface area contributed by atoms with E-state index in [4.69, 9.17) is 0 Å². The van der Waals surface area contributed by atoms with Gasteiger partial charge >= 0.3 is 5.69 Å². The number of carbonyl (C=O) groups excluding carboxylic acids is 1. The number of likely N-dealkylation sites (tertiary alicyclic amines) is 1. The summed E-state index contributed by atoms with van der Waals surface area (Å²) in [6, 6.07) is 5.44. The molecule has 0 spiro atoms. The number of rotatable bonds is 3. The van der Waals surface area contributed by atoms with Gasteiger partial charge in [0.2, 0.25) is 0 Å². The summed E-state index contributed by atoms with van der Waals surface area (Å²) in [4.78, 5) is 31.8. The van der Waals surface area contributed by atoms with Gasteiger partial charge in [0.1, 0.15) is 0 Å². The molecule has 0 bridgehead atoms. The first kappa shape index (κ1) is 15.7. The summed E-state index contributed by atoms with van der Waals surface area (Å²) in [5.74, 6) is 0.0116. The molecule has 3 heterocycles. The summed E-state index contributed by atoms with van der Waals surface area (Å²) in [6.45, 7) is 3.48. The van der Waals surface area contributed by atoms with Crippen molar-refractivity contribution in [3.63, 3.8) is 0 Å². The van der Waals surface area contributed by atoms with Gasteiger partial charge in [-0.05, 0) is 49.9 Å². The van der Waals surface area contributed by atoms with E-state index in [1.54, 1.807) is 18.2 Å². The molecule has 4 rings (SSSR count). The Kier molecular flexibility index (Phi) is 3.91. The van der Waals surface area contributed by atoms with Crippen molar-refractivity contribution >= 4 is 16.9 Å². The summed E-state index contributed by atoms with van der Waals surface area (Å²) in [5.41, 5.74) is 2.84. The van der Waals surface area contributed by atoms with Crippen LogP contribution < -0.4 is 5.69 Å². The predicted molar refractivity (Wildman–Crippen MR) is 94.6 cm³/mol. The predicted octanol–water partition coefficient (Wildman–Crippen LogP) is 2.06. The number of hydrogen-bond donors (Lipinski definition) is 2. The van der Waals surface area contributed by atoms with Crippen molar-refractivity contribution < 1.29 is 4.79 Å². The van der Waals surface area contributed by atoms with Gasteiger partial charge < -0.3 is 14.9 Å². The highest BCUT2D eigenvalue weighted by atomic mass is 16.2.